The van der Waals surface area contributed by atoms with Crippen LogP contribution in [0, 0.1) is 0 Å². The Balaban J connectivity index is 2.05. The highest BCUT2D eigenvalue weighted by molar-refractivity contribution is 4.74. The Labute approximate surface area is 93.0 Å². The first-order valence-electron chi connectivity index (χ1n) is 5.89. The summed E-state index contributed by atoms with van der Waals surface area (Å²) in [7, 11) is 0. The van der Waals surface area contributed by atoms with Crippen LogP contribution in [0.4, 0.5) is 0 Å². The van der Waals surface area contributed by atoms with E-state index in [0.29, 0.717) is 13.1 Å². The second-order valence-electron chi connectivity index (χ2n) is 5.34. The van der Waals surface area contributed by atoms with E-state index in [4.69, 9.17) is 0 Å². The summed E-state index contributed by atoms with van der Waals surface area (Å²) in [6.45, 7) is 9.82. The van der Waals surface area contributed by atoms with Gasteiger partial charge in [0, 0.05) is 31.7 Å². The minimum atomic E-state index is -0.315. The van der Waals surface area contributed by atoms with Crippen molar-refractivity contribution in [3.8, 4) is 0 Å². The zero-order valence-electron chi connectivity index (χ0n) is 10.2. The van der Waals surface area contributed by atoms with Gasteiger partial charge in [0.1, 0.15) is 0 Å². The van der Waals surface area contributed by atoms with Gasteiger partial charge in [-0.1, -0.05) is 0 Å². The summed E-state index contributed by atoms with van der Waals surface area (Å²) in [6, 6.07) is 0. The number of hydrogen-bond acceptors (Lipinski definition) is 4. The lowest BCUT2D eigenvalue weighted by Crippen LogP contribution is -2.46. The molecule has 1 rings (SSSR count). The molecule has 1 unspecified atom stereocenters. The largest absolute Gasteiger partial charge is 0.390 e. The van der Waals surface area contributed by atoms with Crippen molar-refractivity contribution in [3.63, 3.8) is 0 Å². The van der Waals surface area contributed by atoms with Crippen molar-refractivity contribution in [2.45, 2.75) is 45.3 Å². The van der Waals surface area contributed by atoms with E-state index in [1.807, 2.05) is 0 Å². The van der Waals surface area contributed by atoms with Crippen LogP contribution >= 0.6 is 0 Å². The van der Waals surface area contributed by atoms with Crippen LogP contribution in [-0.4, -0.2) is 47.9 Å². The minimum absolute atomic E-state index is 0.0780. The molecular formula is C11H25N3O. The van der Waals surface area contributed by atoms with Crippen LogP contribution < -0.4 is 10.7 Å². The van der Waals surface area contributed by atoms with Gasteiger partial charge in [-0.25, -0.2) is 5.01 Å². The van der Waals surface area contributed by atoms with Crippen LogP contribution in [0.1, 0.15) is 33.6 Å². The van der Waals surface area contributed by atoms with Crippen molar-refractivity contribution in [1.82, 2.24) is 15.8 Å². The van der Waals surface area contributed by atoms with Gasteiger partial charge in [-0.2, -0.15) is 0 Å². The third kappa shape index (κ3) is 6.10. The summed E-state index contributed by atoms with van der Waals surface area (Å²) in [6.07, 6.45) is 2.22. The van der Waals surface area contributed by atoms with Gasteiger partial charge < -0.3 is 10.4 Å². The molecule has 0 amide bonds. The number of hydrogen-bond donors (Lipinski definition) is 3. The Morgan fingerprint density at radius 3 is 2.33 bits per heavy atom. The van der Waals surface area contributed by atoms with Gasteiger partial charge >= 0.3 is 0 Å². The monoisotopic (exact) mass is 215 g/mol. The number of aliphatic hydroxyl groups is 1. The first-order valence-corrected chi connectivity index (χ1v) is 5.89. The van der Waals surface area contributed by atoms with E-state index in [1.165, 1.54) is 12.8 Å². The van der Waals surface area contributed by atoms with Gasteiger partial charge in [-0.05, 0) is 33.6 Å². The Morgan fingerprint density at radius 2 is 1.80 bits per heavy atom. The molecule has 0 spiro atoms. The predicted molar refractivity (Wildman–Crippen MR) is 62.6 cm³/mol. The van der Waals surface area contributed by atoms with E-state index >= 15 is 0 Å². The second-order valence-corrected chi connectivity index (χ2v) is 5.34. The van der Waals surface area contributed by atoms with Crippen LogP contribution in [0.3, 0.4) is 0 Å². The third-order valence-corrected chi connectivity index (χ3v) is 2.52. The number of β-amino-alcohol motifs (C(OH)–C–C–N with tert-alkyl or cyclic N) is 1. The molecule has 0 aromatic carbocycles. The molecule has 1 aliphatic rings. The van der Waals surface area contributed by atoms with E-state index in [9.17, 15) is 5.11 Å². The molecule has 1 saturated heterocycles. The topological polar surface area (TPSA) is 47.5 Å². The maximum absolute atomic E-state index is 9.72. The molecular weight excluding hydrogens is 190 g/mol. The summed E-state index contributed by atoms with van der Waals surface area (Å²) in [5.41, 5.74) is 3.34. The van der Waals surface area contributed by atoms with Crippen molar-refractivity contribution in [2.75, 3.05) is 26.2 Å². The van der Waals surface area contributed by atoms with E-state index < -0.39 is 0 Å². The van der Waals surface area contributed by atoms with Crippen molar-refractivity contribution in [1.29, 1.82) is 0 Å². The van der Waals surface area contributed by atoms with E-state index in [0.717, 1.165) is 13.1 Å². The van der Waals surface area contributed by atoms with Crippen LogP contribution in [0.25, 0.3) is 0 Å². The highest BCUT2D eigenvalue weighted by Crippen LogP contribution is 2.03. The summed E-state index contributed by atoms with van der Waals surface area (Å²) >= 11 is 0. The lowest BCUT2D eigenvalue weighted by atomic mass is 10.1. The van der Waals surface area contributed by atoms with E-state index in [2.05, 4.69) is 36.5 Å². The summed E-state index contributed by atoms with van der Waals surface area (Å²) in [5.74, 6) is 0. The Hall–Kier alpha value is -0.160. The molecule has 1 heterocycles. The lowest BCUT2D eigenvalue weighted by molar-refractivity contribution is 0.120. The van der Waals surface area contributed by atoms with Crippen LogP contribution in [0.2, 0.25) is 0 Å². The third-order valence-electron chi connectivity index (χ3n) is 2.52. The number of nitrogens with one attached hydrogen (secondary N) is 2. The maximum atomic E-state index is 9.72. The lowest BCUT2D eigenvalue weighted by Gasteiger charge is -2.24. The average Bonchev–Trinajstić information content (AvgIpc) is 2.62. The van der Waals surface area contributed by atoms with Crippen LogP contribution in [0.5, 0.6) is 0 Å². The number of hydrazine groups is 1. The normalized spacial score (nSPS) is 20.8. The molecule has 3 N–H and O–H groups in total. The molecule has 0 aliphatic carbocycles. The highest BCUT2D eigenvalue weighted by Gasteiger charge is 2.14. The van der Waals surface area contributed by atoms with E-state index in [-0.39, 0.29) is 11.6 Å². The van der Waals surface area contributed by atoms with E-state index in [1.54, 1.807) is 0 Å². The summed E-state index contributed by atoms with van der Waals surface area (Å²) in [4.78, 5) is 0. The summed E-state index contributed by atoms with van der Waals surface area (Å²) in [5, 5.41) is 15.2. The first-order chi connectivity index (χ1) is 6.97. The molecule has 1 atom stereocenters. The van der Waals surface area contributed by atoms with Crippen molar-refractivity contribution in [2.24, 2.45) is 0 Å². The highest BCUT2D eigenvalue weighted by atomic mass is 16.3. The zero-order valence-corrected chi connectivity index (χ0v) is 10.2. The van der Waals surface area contributed by atoms with Crippen LogP contribution in [0.15, 0.2) is 0 Å². The van der Waals surface area contributed by atoms with Gasteiger partial charge in [0.2, 0.25) is 0 Å². The van der Waals surface area contributed by atoms with Crippen molar-refractivity contribution in [3.05, 3.63) is 0 Å². The molecule has 1 aliphatic heterocycles. The molecule has 15 heavy (non-hydrogen) atoms. The Morgan fingerprint density at radius 1 is 1.20 bits per heavy atom. The predicted octanol–water partition coefficient (Wildman–Crippen LogP) is 0.336. The van der Waals surface area contributed by atoms with Gasteiger partial charge in [0.15, 0.2) is 0 Å². The standard InChI is InChI=1S/C11H25N3O/c1-11(2,3)12-8-10(15)9-13-14-6-4-5-7-14/h10,12-13,15H,4-9H2,1-3H3. The molecule has 0 saturated carbocycles. The fourth-order valence-electron chi connectivity index (χ4n) is 1.61. The number of rotatable bonds is 5. The maximum Gasteiger partial charge on any atom is 0.0802 e. The number of nitrogens with zero attached hydrogens (tertiary/aromatic N) is 1. The Kier molecular flexibility index (Phi) is 4.99. The molecule has 90 valence electrons. The molecule has 0 aromatic rings. The van der Waals surface area contributed by atoms with Crippen molar-refractivity contribution < 1.29 is 5.11 Å². The van der Waals surface area contributed by atoms with Crippen LogP contribution in [-0.2, 0) is 0 Å². The molecule has 4 nitrogen and oxygen atoms in total. The number of aliphatic hydroxyl groups excluding tert-OH is 1. The van der Waals surface area contributed by atoms with Gasteiger partial charge in [0.05, 0.1) is 6.10 Å². The Bertz CT molecular complexity index is 173. The quantitative estimate of drug-likeness (QED) is 0.619. The smallest absolute Gasteiger partial charge is 0.0802 e. The fourth-order valence-corrected chi connectivity index (χ4v) is 1.61. The van der Waals surface area contributed by atoms with Crippen molar-refractivity contribution >= 4 is 0 Å². The van der Waals surface area contributed by atoms with Gasteiger partial charge in [-0.3, -0.25) is 5.43 Å². The van der Waals surface area contributed by atoms with Gasteiger partial charge in [-0.15, -0.1) is 0 Å². The molecule has 1 fully saturated rings. The first kappa shape index (κ1) is 12.9. The van der Waals surface area contributed by atoms with Gasteiger partial charge in [0.25, 0.3) is 0 Å². The molecule has 0 bridgehead atoms. The molecule has 0 aromatic heterocycles. The average molecular weight is 215 g/mol. The molecule has 0 radical (unpaired) electrons. The SMILES string of the molecule is CC(C)(C)NCC(O)CNN1CCCC1. The minimum Gasteiger partial charge on any atom is -0.390 e. The molecule has 4 heteroatoms. The second kappa shape index (κ2) is 5.80. The zero-order chi connectivity index (χ0) is 11.3. The summed E-state index contributed by atoms with van der Waals surface area (Å²) < 4.78 is 0. The fraction of sp³-hybridized carbons (Fsp3) is 1.00.